The summed E-state index contributed by atoms with van der Waals surface area (Å²) in [5.74, 6) is 0. The van der Waals surface area contributed by atoms with E-state index in [1.807, 2.05) is 11.3 Å². The lowest BCUT2D eigenvalue weighted by atomic mass is 10.0. The number of rotatable bonds is 3. The van der Waals surface area contributed by atoms with Gasteiger partial charge in [-0.3, -0.25) is 0 Å². The Bertz CT molecular complexity index is 1240. The molecule has 0 atom stereocenters. The second-order valence-electron chi connectivity index (χ2n) is 6.95. The number of thiophene rings is 1. The van der Waals surface area contributed by atoms with Crippen molar-refractivity contribution in [3.8, 4) is 0 Å². The molecule has 124 valence electrons. The van der Waals surface area contributed by atoms with E-state index in [0.717, 1.165) is 0 Å². The van der Waals surface area contributed by atoms with Crippen LogP contribution >= 0.6 is 11.3 Å². The third-order valence-corrected chi connectivity index (χ3v) is 6.52. The van der Waals surface area contributed by atoms with Crippen LogP contribution in [0, 0.1) is 0 Å². The van der Waals surface area contributed by atoms with Gasteiger partial charge in [0, 0.05) is 43.5 Å². The largest absolute Gasteiger partial charge is 0.343 e. The molecular weight excluding hydrogens is 322 g/mol. The fourth-order valence-corrected chi connectivity index (χ4v) is 5.20. The standard InChI is InChI=1S/C23H21NS/c1-3-4-7-15-10-12-20-18(14-15)22-21(25-20)13-11-17-16-8-5-6-9-19(16)24(2)23(17)22/h5-6,8-14H,3-4,7H2,1-2H3. The van der Waals surface area contributed by atoms with Crippen LogP contribution in [0.5, 0.6) is 0 Å². The van der Waals surface area contributed by atoms with Crippen molar-refractivity contribution in [2.75, 3.05) is 0 Å². The van der Waals surface area contributed by atoms with Crippen molar-refractivity contribution in [2.24, 2.45) is 7.05 Å². The minimum Gasteiger partial charge on any atom is -0.343 e. The van der Waals surface area contributed by atoms with Crippen molar-refractivity contribution in [1.29, 1.82) is 0 Å². The summed E-state index contributed by atoms with van der Waals surface area (Å²) in [5, 5.41) is 5.56. The summed E-state index contributed by atoms with van der Waals surface area (Å²) in [6.45, 7) is 2.26. The molecule has 5 rings (SSSR count). The number of aryl methyl sites for hydroxylation is 2. The van der Waals surface area contributed by atoms with E-state index in [0.29, 0.717) is 0 Å². The minimum atomic E-state index is 1.18. The SMILES string of the molecule is CCCCc1ccc2sc3ccc4c5ccccc5n(C)c4c3c2c1. The summed E-state index contributed by atoms with van der Waals surface area (Å²) < 4.78 is 5.16. The molecule has 0 saturated carbocycles. The van der Waals surface area contributed by atoms with Crippen LogP contribution in [0.2, 0.25) is 0 Å². The number of aromatic nitrogens is 1. The molecule has 5 aromatic rings. The summed E-state index contributed by atoms with van der Waals surface area (Å²) in [6.07, 6.45) is 3.68. The van der Waals surface area contributed by atoms with Crippen molar-refractivity contribution in [3.05, 3.63) is 60.2 Å². The van der Waals surface area contributed by atoms with Gasteiger partial charge in [-0.1, -0.05) is 43.7 Å². The number of fused-ring (bicyclic) bond motifs is 7. The monoisotopic (exact) mass is 343 g/mol. The summed E-state index contributed by atoms with van der Waals surface area (Å²) >= 11 is 1.91. The van der Waals surface area contributed by atoms with Crippen molar-refractivity contribution < 1.29 is 0 Å². The second kappa shape index (κ2) is 5.60. The highest BCUT2D eigenvalue weighted by atomic mass is 32.1. The zero-order valence-corrected chi connectivity index (χ0v) is 15.5. The Balaban J connectivity index is 1.93. The van der Waals surface area contributed by atoms with Gasteiger partial charge in [0.1, 0.15) is 0 Å². The van der Waals surface area contributed by atoms with Crippen LogP contribution in [0.4, 0.5) is 0 Å². The molecule has 0 aliphatic rings. The van der Waals surface area contributed by atoms with Crippen LogP contribution in [-0.2, 0) is 13.5 Å². The van der Waals surface area contributed by atoms with E-state index < -0.39 is 0 Å². The number of para-hydroxylation sites is 1. The van der Waals surface area contributed by atoms with E-state index in [2.05, 4.69) is 73.1 Å². The molecule has 2 heteroatoms. The van der Waals surface area contributed by atoms with E-state index in [4.69, 9.17) is 0 Å². The van der Waals surface area contributed by atoms with E-state index >= 15 is 0 Å². The Morgan fingerprint density at radius 3 is 2.60 bits per heavy atom. The lowest BCUT2D eigenvalue weighted by Crippen LogP contribution is -1.87. The van der Waals surface area contributed by atoms with Gasteiger partial charge in [-0.05, 0) is 42.7 Å². The molecule has 0 spiro atoms. The smallest absolute Gasteiger partial charge is 0.0583 e. The molecule has 0 amide bonds. The Hall–Kier alpha value is -2.32. The average molecular weight is 343 g/mol. The van der Waals surface area contributed by atoms with Crippen LogP contribution in [0.1, 0.15) is 25.3 Å². The van der Waals surface area contributed by atoms with Crippen molar-refractivity contribution >= 4 is 53.3 Å². The maximum absolute atomic E-state index is 2.43. The van der Waals surface area contributed by atoms with Gasteiger partial charge in [-0.25, -0.2) is 0 Å². The van der Waals surface area contributed by atoms with Gasteiger partial charge in [0.25, 0.3) is 0 Å². The van der Waals surface area contributed by atoms with Gasteiger partial charge in [0.05, 0.1) is 5.52 Å². The first kappa shape index (κ1) is 15.0. The van der Waals surface area contributed by atoms with E-state index in [1.54, 1.807) is 0 Å². The molecule has 3 aromatic carbocycles. The van der Waals surface area contributed by atoms with Crippen molar-refractivity contribution in [1.82, 2.24) is 4.57 Å². The molecule has 0 radical (unpaired) electrons. The van der Waals surface area contributed by atoms with Crippen molar-refractivity contribution in [2.45, 2.75) is 26.2 Å². The van der Waals surface area contributed by atoms with E-state index in [-0.39, 0.29) is 0 Å². The van der Waals surface area contributed by atoms with Crippen LogP contribution in [0.3, 0.4) is 0 Å². The molecule has 2 heterocycles. The second-order valence-corrected chi connectivity index (χ2v) is 8.03. The first-order valence-corrected chi connectivity index (χ1v) is 9.91. The molecule has 0 unspecified atom stereocenters. The Morgan fingerprint density at radius 2 is 1.72 bits per heavy atom. The van der Waals surface area contributed by atoms with Crippen LogP contribution in [0.25, 0.3) is 42.0 Å². The van der Waals surface area contributed by atoms with E-state index in [1.165, 1.54) is 66.8 Å². The molecule has 0 aliphatic carbocycles. The highest BCUT2D eigenvalue weighted by Gasteiger charge is 2.15. The molecule has 0 saturated heterocycles. The predicted molar refractivity (Wildman–Crippen MR) is 112 cm³/mol. The number of nitrogens with zero attached hydrogens (tertiary/aromatic N) is 1. The maximum Gasteiger partial charge on any atom is 0.0583 e. The number of unbranched alkanes of at least 4 members (excludes halogenated alkanes) is 1. The fraction of sp³-hybridized carbons (Fsp3) is 0.217. The van der Waals surface area contributed by atoms with E-state index in [9.17, 15) is 0 Å². The van der Waals surface area contributed by atoms with Crippen molar-refractivity contribution in [3.63, 3.8) is 0 Å². The minimum absolute atomic E-state index is 1.18. The molecule has 0 N–H and O–H groups in total. The van der Waals surface area contributed by atoms with Gasteiger partial charge in [-0.2, -0.15) is 0 Å². The highest BCUT2D eigenvalue weighted by Crippen LogP contribution is 2.41. The van der Waals surface area contributed by atoms with Gasteiger partial charge >= 0.3 is 0 Å². The Kier molecular flexibility index (Phi) is 3.36. The predicted octanol–water partition coefficient (Wildman–Crippen LogP) is 7.04. The first-order chi connectivity index (χ1) is 12.3. The van der Waals surface area contributed by atoms with Gasteiger partial charge in [0.15, 0.2) is 0 Å². The molecule has 2 aromatic heterocycles. The van der Waals surface area contributed by atoms with Crippen LogP contribution in [-0.4, -0.2) is 4.57 Å². The topological polar surface area (TPSA) is 4.93 Å². The Morgan fingerprint density at radius 1 is 0.880 bits per heavy atom. The quantitative estimate of drug-likeness (QED) is 0.331. The third kappa shape index (κ3) is 2.14. The summed E-state index contributed by atoms with van der Waals surface area (Å²) in [6, 6.07) is 20.4. The molecule has 1 nitrogen and oxygen atoms in total. The molecule has 0 fully saturated rings. The number of hydrogen-bond donors (Lipinski definition) is 0. The maximum atomic E-state index is 2.43. The lowest BCUT2D eigenvalue weighted by molar-refractivity contribution is 0.796. The summed E-state index contributed by atoms with van der Waals surface area (Å²) in [7, 11) is 2.20. The third-order valence-electron chi connectivity index (χ3n) is 5.38. The zero-order valence-electron chi connectivity index (χ0n) is 14.7. The summed E-state index contributed by atoms with van der Waals surface area (Å²) in [4.78, 5) is 0. The normalized spacial score (nSPS) is 12.1. The van der Waals surface area contributed by atoms with Gasteiger partial charge in [0.2, 0.25) is 0 Å². The van der Waals surface area contributed by atoms with Gasteiger partial charge < -0.3 is 4.57 Å². The molecule has 0 bridgehead atoms. The molecule has 0 aliphatic heterocycles. The number of benzene rings is 3. The first-order valence-electron chi connectivity index (χ1n) is 9.09. The fourth-order valence-electron chi connectivity index (χ4n) is 4.11. The van der Waals surface area contributed by atoms with Crippen LogP contribution < -0.4 is 0 Å². The molecular formula is C23H21NS. The average Bonchev–Trinajstić information content (AvgIpc) is 3.15. The zero-order chi connectivity index (χ0) is 17.0. The molecule has 25 heavy (non-hydrogen) atoms. The highest BCUT2D eigenvalue weighted by molar-refractivity contribution is 7.26. The summed E-state index contributed by atoms with van der Waals surface area (Å²) in [5.41, 5.74) is 4.15. The lowest BCUT2D eigenvalue weighted by Gasteiger charge is -2.03. The number of hydrogen-bond acceptors (Lipinski definition) is 1. The van der Waals surface area contributed by atoms with Crippen LogP contribution in [0.15, 0.2) is 54.6 Å². The van der Waals surface area contributed by atoms with Gasteiger partial charge in [-0.15, -0.1) is 11.3 Å². The Labute approximate surface area is 151 Å².